The summed E-state index contributed by atoms with van der Waals surface area (Å²) in [5.41, 5.74) is 4.19. The van der Waals surface area contributed by atoms with E-state index in [1.165, 1.54) is 10.6 Å². The van der Waals surface area contributed by atoms with E-state index in [2.05, 4.69) is 11.4 Å². The number of nitriles is 1. The number of carbonyl (C=O) groups excluding carboxylic acids is 3. The third-order valence-electron chi connectivity index (χ3n) is 6.50. The number of hydrogen-bond acceptors (Lipinski definition) is 5. The number of nitrogens with one attached hydrogen (secondary N) is 1. The lowest BCUT2D eigenvalue weighted by atomic mass is 9.95. The number of hydrogen-bond donors (Lipinski definition) is 1. The molecule has 0 spiro atoms. The molecule has 0 unspecified atom stereocenters. The smallest absolute Gasteiger partial charge is 0.251 e. The number of aromatic nitrogens is 1. The van der Waals surface area contributed by atoms with Crippen LogP contribution in [0, 0.1) is 11.3 Å². The minimum absolute atomic E-state index is 0.120. The zero-order valence-electron chi connectivity index (χ0n) is 19.1. The lowest BCUT2D eigenvalue weighted by Crippen LogP contribution is -2.28. The number of rotatable bonds is 6. The highest BCUT2D eigenvalue weighted by atomic mass is 35.5. The third kappa shape index (κ3) is 4.39. The molecule has 3 aromatic rings. The van der Waals surface area contributed by atoms with Gasteiger partial charge in [0.15, 0.2) is 11.6 Å². The van der Waals surface area contributed by atoms with Crippen molar-refractivity contribution < 1.29 is 14.4 Å². The van der Waals surface area contributed by atoms with Gasteiger partial charge in [0.2, 0.25) is 5.91 Å². The second kappa shape index (κ2) is 9.40. The number of Topliss-reactive ketones (excluding diaryl/α,β-unsaturated/α-hetero) is 2. The molecule has 1 aromatic heterocycles. The molecule has 1 N–H and O–H groups in total. The molecule has 5 rings (SSSR count). The first-order valence-electron chi connectivity index (χ1n) is 11.4. The van der Waals surface area contributed by atoms with Gasteiger partial charge in [0, 0.05) is 58.9 Å². The standard InChI is InChI=1S/C28H20ClN3O4/c29-20-6-5-18(13-30)22(11-20)23-12-27(36)32(24-7-8-25(34)28(23)24)15-21(33)9-16-1-3-17(4-2-16)19-10-26(35)31-14-19/h1-6,10-12H,7-9,14-15H2,(H,31,35). The quantitative estimate of drug-likeness (QED) is 0.560. The van der Waals surface area contributed by atoms with Gasteiger partial charge in [0.05, 0.1) is 18.2 Å². The van der Waals surface area contributed by atoms with Gasteiger partial charge in [-0.3, -0.25) is 19.2 Å². The van der Waals surface area contributed by atoms with Crippen molar-refractivity contribution in [3.63, 3.8) is 0 Å². The molecule has 1 aliphatic carbocycles. The fraction of sp³-hybridized carbons (Fsp3) is 0.179. The Hall–Kier alpha value is -4.28. The summed E-state index contributed by atoms with van der Waals surface area (Å²) in [6, 6.07) is 15.5. The molecule has 2 aliphatic rings. The number of pyridine rings is 1. The first kappa shape index (κ1) is 23.5. The van der Waals surface area contributed by atoms with Gasteiger partial charge in [0.1, 0.15) is 0 Å². The van der Waals surface area contributed by atoms with Gasteiger partial charge in [-0.15, -0.1) is 0 Å². The number of amides is 1. The van der Waals surface area contributed by atoms with Crippen LogP contribution in [0.25, 0.3) is 16.7 Å². The highest BCUT2D eigenvalue weighted by Crippen LogP contribution is 2.34. The van der Waals surface area contributed by atoms with E-state index < -0.39 is 5.56 Å². The van der Waals surface area contributed by atoms with E-state index in [9.17, 15) is 24.4 Å². The Kier molecular flexibility index (Phi) is 6.13. The lowest BCUT2D eigenvalue weighted by molar-refractivity contribution is -0.119. The van der Waals surface area contributed by atoms with E-state index in [1.54, 1.807) is 24.3 Å². The summed E-state index contributed by atoms with van der Waals surface area (Å²) in [5, 5.41) is 12.7. The van der Waals surface area contributed by atoms with E-state index in [4.69, 9.17) is 11.6 Å². The van der Waals surface area contributed by atoms with Gasteiger partial charge >= 0.3 is 0 Å². The lowest BCUT2D eigenvalue weighted by Gasteiger charge is -2.15. The summed E-state index contributed by atoms with van der Waals surface area (Å²) in [6.45, 7) is 0.325. The number of fused-ring (bicyclic) bond motifs is 1. The summed E-state index contributed by atoms with van der Waals surface area (Å²) >= 11 is 6.14. The molecule has 178 valence electrons. The number of nitrogens with zero attached hydrogens (tertiary/aromatic N) is 2. The van der Waals surface area contributed by atoms with Crippen LogP contribution in [0.1, 0.15) is 39.2 Å². The normalized spacial score (nSPS) is 14.3. The average Bonchev–Trinajstić information content (AvgIpc) is 3.47. The second-order valence-corrected chi connectivity index (χ2v) is 9.27. The minimum atomic E-state index is -0.406. The molecule has 8 heteroatoms. The molecule has 0 saturated carbocycles. The summed E-state index contributed by atoms with van der Waals surface area (Å²) in [4.78, 5) is 50.2. The van der Waals surface area contributed by atoms with Crippen molar-refractivity contribution in [3.05, 3.63) is 97.9 Å². The van der Waals surface area contributed by atoms with Crippen molar-refractivity contribution in [1.29, 1.82) is 5.26 Å². The Balaban J connectivity index is 1.43. The maximum absolute atomic E-state index is 13.1. The molecule has 0 saturated heterocycles. The van der Waals surface area contributed by atoms with Gasteiger partial charge in [-0.1, -0.05) is 35.9 Å². The molecule has 0 radical (unpaired) electrons. The van der Waals surface area contributed by atoms with Gasteiger partial charge in [-0.05, 0) is 41.3 Å². The fourth-order valence-electron chi connectivity index (χ4n) is 4.77. The maximum Gasteiger partial charge on any atom is 0.251 e. The number of benzene rings is 2. The second-order valence-electron chi connectivity index (χ2n) is 8.83. The van der Waals surface area contributed by atoms with Gasteiger partial charge in [-0.25, -0.2) is 0 Å². The third-order valence-corrected chi connectivity index (χ3v) is 6.73. The molecule has 36 heavy (non-hydrogen) atoms. The summed E-state index contributed by atoms with van der Waals surface area (Å²) in [6.07, 6.45) is 2.27. The molecule has 2 heterocycles. The molecular weight excluding hydrogens is 478 g/mol. The Morgan fingerprint density at radius 1 is 1.03 bits per heavy atom. The first-order valence-corrected chi connectivity index (χ1v) is 11.8. The predicted octanol–water partition coefficient (Wildman–Crippen LogP) is 3.49. The molecule has 0 bridgehead atoms. The zero-order chi connectivity index (χ0) is 25.4. The van der Waals surface area contributed by atoms with Gasteiger partial charge < -0.3 is 9.88 Å². The maximum atomic E-state index is 13.1. The zero-order valence-corrected chi connectivity index (χ0v) is 19.9. The van der Waals surface area contributed by atoms with Crippen LogP contribution in [-0.2, 0) is 29.0 Å². The first-order chi connectivity index (χ1) is 17.3. The van der Waals surface area contributed by atoms with Crippen LogP contribution in [0.3, 0.4) is 0 Å². The summed E-state index contributed by atoms with van der Waals surface area (Å²) in [7, 11) is 0. The van der Waals surface area contributed by atoms with Crippen molar-refractivity contribution in [2.24, 2.45) is 0 Å². The number of carbonyl (C=O) groups is 3. The van der Waals surface area contributed by atoms with Crippen molar-refractivity contribution in [3.8, 4) is 17.2 Å². The Morgan fingerprint density at radius 3 is 2.50 bits per heavy atom. The van der Waals surface area contributed by atoms with E-state index >= 15 is 0 Å². The van der Waals surface area contributed by atoms with Crippen LogP contribution in [0.2, 0.25) is 5.02 Å². The average molecular weight is 498 g/mol. The fourth-order valence-corrected chi connectivity index (χ4v) is 4.94. The van der Waals surface area contributed by atoms with Crippen molar-refractivity contribution >= 4 is 34.6 Å². The van der Waals surface area contributed by atoms with Crippen LogP contribution in [0.5, 0.6) is 0 Å². The van der Waals surface area contributed by atoms with Gasteiger partial charge in [-0.2, -0.15) is 5.26 Å². The molecule has 1 amide bonds. The SMILES string of the molecule is N#Cc1ccc(Cl)cc1-c1cc(=O)n(CC(=O)Cc2ccc(C3=CC(=O)NC3)cc2)c2c1C(=O)CC2. The van der Waals surface area contributed by atoms with Crippen LogP contribution in [-0.4, -0.2) is 28.6 Å². The Bertz CT molecular complexity index is 1580. The van der Waals surface area contributed by atoms with E-state index in [-0.39, 0.29) is 36.9 Å². The molecular formula is C28H20ClN3O4. The number of ketones is 2. The van der Waals surface area contributed by atoms with Crippen molar-refractivity contribution in [2.75, 3.05) is 6.54 Å². The molecule has 7 nitrogen and oxygen atoms in total. The molecule has 1 aliphatic heterocycles. The highest BCUT2D eigenvalue weighted by Gasteiger charge is 2.29. The molecule has 0 atom stereocenters. The summed E-state index contributed by atoms with van der Waals surface area (Å²) < 4.78 is 1.37. The van der Waals surface area contributed by atoms with Crippen molar-refractivity contribution in [2.45, 2.75) is 25.8 Å². The molecule has 2 aromatic carbocycles. The topological polar surface area (TPSA) is 109 Å². The summed E-state index contributed by atoms with van der Waals surface area (Å²) in [5.74, 6) is -0.419. The molecule has 0 fully saturated rings. The van der Waals surface area contributed by atoms with Crippen LogP contribution >= 0.6 is 11.6 Å². The van der Waals surface area contributed by atoms with Crippen LogP contribution in [0.15, 0.2) is 59.4 Å². The van der Waals surface area contributed by atoms with Crippen LogP contribution < -0.4 is 10.9 Å². The highest BCUT2D eigenvalue weighted by molar-refractivity contribution is 6.31. The predicted molar refractivity (Wildman–Crippen MR) is 135 cm³/mol. The monoisotopic (exact) mass is 497 g/mol. The van der Waals surface area contributed by atoms with E-state index in [0.717, 1.165) is 16.7 Å². The van der Waals surface area contributed by atoms with E-state index in [1.807, 2.05) is 24.3 Å². The largest absolute Gasteiger partial charge is 0.348 e. The number of halogens is 1. The van der Waals surface area contributed by atoms with Crippen molar-refractivity contribution in [1.82, 2.24) is 9.88 Å². The Labute approximate surface area is 211 Å². The van der Waals surface area contributed by atoms with Gasteiger partial charge in [0.25, 0.3) is 5.56 Å². The minimum Gasteiger partial charge on any atom is -0.348 e. The Morgan fingerprint density at radius 2 is 1.81 bits per heavy atom. The van der Waals surface area contributed by atoms with Crippen LogP contribution in [0.4, 0.5) is 0 Å². The van der Waals surface area contributed by atoms with E-state index in [0.29, 0.717) is 45.9 Å².